The van der Waals surface area contributed by atoms with E-state index < -0.39 is 49.0 Å². The summed E-state index contributed by atoms with van der Waals surface area (Å²) in [6, 6.07) is 4.01. The van der Waals surface area contributed by atoms with E-state index in [-0.39, 0.29) is 0 Å². The van der Waals surface area contributed by atoms with Crippen molar-refractivity contribution in [2.45, 2.75) is 22.4 Å². The molecule has 0 aromatic heterocycles. The quantitative estimate of drug-likeness (QED) is 0.822. The van der Waals surface area contributed by atoms with Crippen LogP contribution in [0.25, 0.3) is 0 Å². The van der Waals surface area contributed by atoms with Crippen LogP contribution < -0.4 is 9.86 Å². The third-order valence-corrected chi connectivity index (χ3v) is 4.51. The van der Waals surface area contributed by atoms with Gasteiger partial charge in [0, 0.05) is 6.54 Å². The smallest absolute Gasteiger partial charge is 0.225 e. The third-order valence-electron chi connectivity index (χ3n) is 2.14. The Labute approximate surface area is 113 Å². The van der Waals surface area contributed by atoms with Gasteiger partial charge in [-0.15, -0.1) is 0 Å². The Hall–Kier alpha value is -1.17. The number of nitrogens with one attached hydrogen (secondary N) is 1. The first-order valence-corrected chi connectivity index (χ1v) is 8.14. The van der Waals surface area contributed by atoms with E-state index >= 15 is 0 Å². The van der Waals surface area contributed by atoms with Crippen LogP contribution in [0.2, 0.25) is 0 Å². The van der Waals surface area contributed by atoms with E-state index in [4.69, 9.17) is 5.14 Å². The van der Waals surface area contributed by atoms with Crippen LogP contribution in [0.5, 0.6) is 0 Å². The highest BCUT2D eigenvalue weighted by atomic mass is 32.2. The lowest BCUT2D eigenvalue weighted by molar-refractivity contribution is -0.132. The predicted molar refractivity (Wildman–Crippen MR) is 63.7 cm³/mol. The second kappa shape index (κ2) is 5.68. The van der Waals surface area contributed by atoms with Crippen LogP contribution in [0, 0.1) is 0 Å². The zero-order valence-electron chi connectivity index (χ0n) is 9.88. The summed E-state index contributed by atoms with van der Waals surface area (Å²) in [4.78, 5) is -0.928. The number of benzene rings is 1. The molecule has 0 atom stereocenters. The minimum Gasteiger partial charge on any atom is -0.225 e. The van der Waals surface area contributed by atoms with Crippen LogP contribution in [0.3, 0.4) is 0 Å². The topological polar surface area (TPSA) is 106 Å². The van der Waals surface area contributed by atoms with Crippen LogP contribution in [0.1, 0.15) is 6.42 Å². The molecule has 0 aliphatic rings. The summed E-state index contributed by atoms with van der Waals surface area (Å²) in [7, 11) is -8.34. The van der Waals surface area contributed by atoms with Crippen molar-refractivity contribution in [3.63, 3.8) is 0 Å². The van der Waals surface area contributed by atoms with E-state index in [2.05, 4.69) is 0 Å². The summed E-state index contributed by atoms with van der Waals surface area (Å²) in [6.07, 6.45) is -5.83. The van der Waals surface area contributed by atoms with Gasteiger partial charge in [-0.2, -0.15) is 13.2 Å². The maximum Gasteiger partial charge on any atom is 0.390 e. The minimum absolute atomic E-state index is 0.448. The molecule has 0 fully saturated rings. The van der Waals surface area contributed by atoms with Crippen molar-refractivity contribution in [1.29, 1.82) is 0 Å². The molecule has 3 N–H and O–H groups in total. The van der Waals surface area contributed by atoms with Crippen molar-refractivity contribution in [2.75, 3.05) is 6.54 Å². The van der Waals surface area contributed by atoms with Gasteiger partial charge >= 0.3 is 6.18 Å². The molecule has 1 aromatic carbocycles. The van der Waals surface area contributed by atoms with E-state index in [1.807, 2.05) is 0 Å². The van der Waals surface area contributed by atoms with E-state index in [1.54, 1.807) is 4.72 Å². The standard InChI is InChI=1S/C9H11F3N2O4S2/c10-9(11,12)4-5-14-20(17,18)8-3-1-2-7(6-8)19(13,15)16/h1-3,6,14H,4-5H2,(H2,13,15,16). The van der Waals surface area contributed by atoms with Gasteiger partial charge in [0.05, 0.1) is 16.2 Å². The second-order valence-electron chi connectivity index (χ2n) is 3.78. The summed E-state index contributed by atoms with van der Waals surface area (Å²) >= 11 is 0. The molecular formula is C9H11F3N2O4S2. The molecule has 0 heterocycles. The molecular weight excluding hydrogens is 321 g/mol. The Morgan fingerprint density at radius 1 is 1.10 bits per heavy atom. The van der Waals surface area contributed by atoms with Crippen LogP contribution in [0.15, 0.2) is 34.1 Å². The highest BCUT2D eigenvalue weighted by molar-refractivity contribution is 7.90. The second-order valence-corrected chi connectivity index (χ2v) is 7.11. The highest BCUT2D eigenvalue weighted by Gasteiger charge is 2.27. The Morgan fingerprint density at radius 3 is 2.15 bits per heavy atom. The fourth-order valence-corrected chi connectivity index (χ4v) is 2.94. The van der Waals surface area contributed by atoms with Crippen LogP contribution in [-0.2, 0) is 20.0 Å². The monoisotopic (exact) mass is 332 g/mol. The molecule has 0 saturated carbocycles. The molecule has 0 aliphatic heterocycles. The molecule has 1 rings (SSSR count). The first-order chi connectivity index (χ1) is 8.92. The fourth-order valence-electron chi connectivity index (χ4n) is 1.23. The van der Waals surface area contributed by atoms with Gasteiger partial charge in [-0.25, -0.2) is 26.7 Å². The molecule has 0 aliphatic carbocycles. The molecule has 0 spiro atoms. The maximum absolute atomic E-state index is 11.9. The Kier molecular flexibility index (Phi) is 4.79. The minimum atomic E-state index is -4.50. The molecule has 0 bridgehead atoms. The van der Waals surface area contributed by atoms with Crippen molar-refractivity contribution in [3.8, 4) is 0 Å². The summed E-state index contributed by atoms with van der Waals surface area (Å²) < 4.78 is 83.0. The molecule has 0 radical (unpaired) electrons. The Bertz CT molecular complexity index is 683. The number of nitrogens with two attached hydrogens (primary N) is 1. The normalized spacial score (nSPS) is 13.4. The van der Waals surface area contributed by atoms with Gasteiger partial charge in [0.2, 0.25) is 20.0 Å². The molecule has 0 unspecified atom stereocenters. The van der Waals surface area contributed by atoms with Gasteiger partial charge in [-0.05, 0) is 18.2 Å². The van der Waals surface area contributed by atoms with Crippen molar-refractivity contribution in [3.05, 3.63) is 24.3 Å². The van der Waals surface area contributed by atoms with E-state index in [0.717, 1.165) is 24.3 Å². The molecule has 0 amide bonds. The molecule has 0 saturated heterocycles. The summed E-state index contributed by atoms with van der Waals surface area (Å²) in [5, 5.41) is 4.83. The van der Waals surface area contributed by atoms with Crippen LogP contribution >= 0.6 is 0 Å². The molecule has 114 valence electrons. The lowest BCUT2D eigenvalue weighted by Crippen LogP contribution is -2.28. The number of hydrogen-bond donors (Lipinski definition) is 2. The average Bonchev–Trinajstić information content (AvgIpc) is 2.26. The van der Waals surface area contributed by atoms with Gasteiger partial charge in [0.1, 0.15) is 0 Å². The lowest BCUT2D eigenvalue weighted by Gasteiger charge is -2.09. The van der Waals surface area contributed by atoms with Gasteiger partial charge in [-0.3, -0.25) is 0 Å². The number of rotatable bonds is 5. The van der Waals surface area contributed by atoms with E-state index in [1.165, 1.54) is 0 Å². The third kappa shape index (κ3) is 5.07. The Morgan fingerprint density at radius 2 is 1.65 bits per heavy atom. The number of sulfonamides is 2. The molecule has 11 heteroatoms. The van der Waals surface area contributed by atoms with Gasteiger partial charge < -0.3 is 0 Å². The predicted octanol–water partition coefficient (Wildman–Crippen LogP) is 0.565. The highest BCUT2D eigenvalue weighted by Crippen LogP contribution is 2.19. The number of primary sulfonamides is 1. The summed E-state index contributed by atoms with van der Waals surface area (Å²) in [5.41, 5.74) is 0. The van der Waals surface area contributed by atoms with Gasteiger partial charge in [-0.1, -0.05) is 6.07 Å². The molecule has 1 aromatic rings. The van der Waals surface area contributed by atoms with Crippen molar-refractivity contribution in [2.24, 2.45) is 5.14 Å². The fraction of sp³-hybridized carbons (Fsp3) is 0.333. The zero-order valence-corrected chi connectivity index (χ0v) is 11.5. The first-order valence-electron chi connectivity index (χ1n) is 5.11. The summed E-state index contributed by atoms with van der Waals surface area (Å²) in [5.74, 6) is 0. The number of hydrogen-bond acceptors (Lipinski definition) is 4. The van der Waals surface area contributed by atoms with E-state index in [0.29, 0.717) is 0 Å². The number of halogens is 3. The van der Waals surface area contributed by atoms with Crippen molar-refractivity contribution < 1.29 is 30.0 Å². The van der Waals surface area contributed by atoms with Gasteiger partial charge in [0.25, 0.3) is 0 Å². The zero-order chi connectivity index (χ0) is 15.6. The van der Waals surface area contributed by atoms with Gasteiger partial charge in [0.15, 0.2) is 0 Å². The molecule has 20 heavy (non-hydrogen) atoms. The SMILES string of the molecule is NS(=O)(=O)c1cccc(S(=O)(=O)NCCC(F)(F)F)c1. The van der Waals surface area contributed by atoms with Crippen molar-refractivity contribution >= 4 is 20.0 Å². The number of alkyl halides is 3. The largest absolute Gasteiger partial charge is 0.390 e. The van der Waals surface area contributed by atoms with E-state index in [9.17, 15) is 30.0 Å². The first kappa shape index (κ1) is 16.9. The summed E-state index contributed by atoms with van der Waals surface area (Å²) in [6.45, 7) is -0.842. The molecule has 6 nitrogen and oxygen atoms in total. The van der Waals surface area contributed by atoms with Crippen LogP contribution in [0.4, 0.5) is 13.2 Å². The maximum atomic E-state index is 11.9. The van der Waals surface area contributed by atoms with Crippen molar-refractivity contribution in [1.82, 2.24) is 4.72 Å². The Balaban J connectivity index is 2.94. The lowest BCUT2D eigenvalue weighted by atomic mass is 10.4. The average molecular weight is 332 g/mol. The van der Waals surface area contributed by atoms with Crippen LogP contribution in [-0.4, -0.2) is 29.6 Å².